The van der Waals surface area contributed by atoms with Crippen molar-refractivity contribution in [1.82, 2.24) is 10.2 Å². The normalized spacial score (nSPS) is 10.8. The summed E-state index contributed by atoms with van der Waals surface area (Å²) in [5, 5.41) is 2.90. The molecule has 0 aromatic heterocycles. The first kappa shape index (κ1) is 20.9. The molecule has 5 heteroatoms. The Morgan fingerprint density at radius 3 is 2.41 bits per heavy atom. The van der Waals surface area contributed by atoms with Crippen molar-refractivity contribution in [3.8, 4) is 5.75 Å². The van der Waals surface area contributed by atoms with Crippen molar-refractivity contribution in [2.75, 3.05) is 26.2 Å². The van der Waals surface area contributed by atoms with Crippen molar-refractivity contribution in [3.05, 3.63) is 65.5 Å². The molecule has 146 valence electrons. The molecule has 0 aliphatic heterocycles. The zero-order valence-corrected chi connectivity index (χ0v) is 16.2. The van der Waals surface area contributed by atoms with Gasteiger partial charge in [0.05, 0.1) is 0 Å². The molecule has 2 aromatic rings. The molecule has 0 aliphatic carbocycles. The molecule has 1 amide bonds. The Kier molecular flexibility index (Phi) is 8.78. The Bertz CT molecular complexity index is 717. The number of amides is 1. The summed E-state index contributed by atoms with van der Waals surface area (Å²) in [6.07, 6.45) is 0.645. The van der Waals surface area contributed by atoms with Gasteiger partial charge in [0.25, 0.3) is 0 Å². The molecule has 0 atom stereocenters. The number of nitrogens with one attached hydrogen (secondary N) is 1. The third-order valence-electron chi connectivity index (χ3n) is 4.59. The van der Waals surface area contributed by atoms with E-state index in [1.165, 1.54) is 6.07 Å². The second-order valence-electron chi connectivity index (χ2n) is 6.35. The molecule has 0 heterocycles. The standard InChI is InChI=1S/C22H29FN2O2/c1-3-25(4-2)15-16-27-21-12-8-6-10-19(21)17-24-22(26)14-13-18-9-5-7-11-20(18)23/h5-12H,3-4,13-17H2,1-2H3,(H,24,26). The van der Waals surface area contributed by atoms with E-state index in [0.29, 0.717) is 25.1 Å². The number of hydrogen-bond donors (Lipinski definition) is 1. The minimum Gasteiger partial charge on any atom is -0.492 e. The van der Waals surface area contributed by atoms with Crippen LogP contribution in [0.25, 0.3) is 0 Å². The molecular formula is C22H29FN2O2. The monoisotopic (exact) mass is 372 g/mol. The molecule has 0 aliphatic rings. The SMILES string of the molecule is CCN(CC)CCOc1ccccc1CNC(=O)CCc1ccccc1F. The van der Waals surface area contributed by atoms with E-state index in [2.05, 4.69) is 24.1 Å². The van der Waals surface area contributed by atoms with Crippen molar-refractivity contribution in [2.45, 2.75) is 33.2 Å². The number of likely N-dealkylation sites (N-methyl/N-ethyl adjacent to an activating group) is 1. The van der Waals surface area contributed by atoms with Crippen LogP contribution in [0.2, 0.25) is 0 Å². The molecule has 0 fully saturated rings. The third kappa shape index (κ3) is 7.02. The Morgan fingerprint density at radius 1 is 1.04 bits per heavy atom. The Labute approximate surface area is 161 Å². The summed E-state index contributed by atoms with van der Waals surface area (Å²) < 4.78 is 19.5. The number of nitrogens with zero attached hydrogens (tertiary/aromatic N) is 1. The molecule has 2 aromatic carbocycles. The van der Waals surface area contributed by atoms with E-state index in [0.717, 1.165) is 30.9 Å². The number of hydrogen-bond acceptors (Lipinski definition) is 3. The van der Waals surface area contributed by atoms with E-state index in [9.17, 15) is 9.18 Å². The average Bonchev–Trinajstić information content (AvgIpc) is 2.70. The minimum atomic E-state index is -0.266. The Balaban J connectivity index is 1.81. The van der Waals surface area contributed by atoms with E-state index in [1.54, 1.807) is 18.2 Å². The predicted octanol–water partition coefficient (Wildman–Crippen LogP) is 3.80. The van der Waals surface area contributed by atoms with Crippen LogP contribution in [0.1, 0.15) is 31.4 Å². The van der Waals surface area contributed by atoms with Crippen LogP contribution >= 0.6 is 0 Å². The second kappa shape index (κ2) is 11.3. The van der Waals surface area contributed by atoms with Gasteiger partial charge in [0.15, 0.2) is 0 Å². The number of aryl methyl sites for hydroxylation is 1. The third-order valence-corrected chi connectivity index (χ3v) is 4.59. The van der Waals surface area contributed by atoms with E-state index >= 15 is 0 Å². The smallest absolute Gasteiger partial charge is 0.220 e. The molecule has 0 radical (unpaired) electrons. The van der Waals surface area contributed by atoms with Gasteiger partial charge < -0.3 is 15.0 Å². The summed E-state index contributed by atoms with van der Waals surface area (Å²) in [5.74, 6) is 0.424. The molecule has 0 saturated heterocycles. The summed E-state index contributed by atoms with van der Waals surface area (Å²) in [4.78, 5) is 14.4. The zero-order valence-electron chi connectivity index (χ0n) is 16.2. The van der Waals surface area contributed by atoms with Crippen LogP contribution in [0.15, 0.2) is 48.5 Å². The molecule has 2 rings (SSSR count). The summed E-state index contributed by atoms with van der Waals surface area (Å²) in [5.41, 5.74) is 1.50. The molecule has 0 saturated carbocycles. The number of carbonyl (C=O) groups excluding carboxylic acids is 1. The maximum Gasteiger partial charge on any atom is 0.220 e. The molecule has 4 nitrogen and oxygen atoms in total. The predicted molar refractivity (Wildman–Crippen MR) is 106 cm³/mol. The van der Waals surface area contributed by atoms with E-state index in [4.69, 9.17) is 4.74 Å². The van der Waals surface area contributed by atoms with Crippen molar-refractivity contribution >= 4 is 5.91 Å². The quantitative estimate of drug-likeness (QED) is 0.652. The number of rotatable bonds is 11. The van der Waals surface area contributed by atoms with Crippen molar-refractivity contribution in [2.24, 2.45) is 0 Å². The molecule has 0 unspecified atom stereocenters. The first-order valence-electron chi connectivity index (χ1n) is 9.57. The van der Waals surface area contributed by atoms with Gasteiger partial charge in [-0.2, -0.15) is 0 Å². The van der Waals surface area contributed by atoms with Crippen LogP contribution in [0.5, 0.6) is 5.75 Å². The second-order valence-corrected chi connectivity index (χ2v) is 6.35. The van der Waals surface area contributed by atoms with Gasteiger partial charge in [-0.3, -0.25) is 4.79 Å². The first-order chi connectivity index (χ1) is 13.1. The maximum absolute atomic E-state index is 13.6. The summed E-state index contributed by atoms with van der Waals surface area (Å²) in [6.45, 7) is 8.15. The van der Waals surface area contributed by atoms with Crippen LogP contribution in [0, 0.1) is 5.82 Å². The van der Waals surface area contributed by atoms with Crippen LogP contribution in [-0.2, 0) is 17.8 Å². The summed E-state index contributed by atoms with van der Waals surface area (Å²) in [6, 6.07) is 14.3. The number of carbonyl (C=O) groups is 1. The van der Waals surface area contributed by atoms with Crippen molar-refractivity contribution in [1.29, 1.82) is 0 Å². The highest BCUT2D eigenvalue weighted by Crippen LogP contribution is 2.18. The summed E-state index contributed by atoms with van der Waals surface area (Å²) in [7, 11) is 0. The lowest BCUT2D eigenvalue weighted by atomic mass is 10.1. The molecule has 27 heavy (non-hydrogen) atoms. The molecule has 1 N–H and O–H groups in total. The Hall–Kier alpha value is -2.40. The maximum atomic E-state index is 13.6. The first-order valence-corrected chi connectivity index (χ1v) is 9.57. The number of halogens is 1. The fraction of sp³-hybridized carbons (Fsp3) is 0.409. The fourth-order valence-corrected chi connectivity index (χ4v) is 2.85. The van der Waals surface area contributed by atoms with Gasteiger partial charge >= 0.3 is 0 Å². The van der Waals surface area contributed by atoms with Crippen molar-refractivity contribution < 1.29 is 13.9 Å². The topological polar surface area (TPSA) is 41.6 Å². The van der Waals surface area contributed by atoms with E-state index in [1.807, 2.05) is 24.3 Å². The summed E-state index contributed by atoms with van der Waals surface area (Å²) >= 11 is 0. The number of para-hydroxylation sites is 1. The number of ether oxygens (including phenoxy) is 1. The largest absolute Gasteiger partial charge is 0.492 e. The zero-order chi connectivity index (χ0) is 19.5. The van der Waals surface area contributed by atoms with Crippen LogP contribution in [0.4, 0.5) is 4.39 Å². The van der Waals surface area contributed by atoms with Crippen LogP contribution in [0.3, 0.4) is 0 Å². The van der Waals surface area contributed by atoms with E-state index < -0.39 is 0 Å². The Morgan fingerprint density at radius 2 is 1.70 bits per heavy atom. The van der Waals surface area contributed by atoms with Gasteiger partial charge in [0, 0.05) is 25.1 Å². The van der Waals surface area contributed by atoms with Crippen LogP contribution < -0.4 is 10.1 Å². The van der Waals surface area contributed by atoms with Crippen molar-refractivity contribution in [3.63, 3.8) is 0 Å². The van der Waals surface area contributed by atoms with Gasteiger partial charge in [-0.05, 0) is 37.2 Å². The lowest BCUT2D eigenvalue weighted by molar-refractivity contribution is -0.121. The molecule has 0 bridgehead atoms. The minimum absolute atomic E-state index is 0.101. The number of benzene rings is 2. The van der Waals surface area contributed by atoms with Gasteiger partial charge in [0.1, 0.15) is 18.2 Å². The lowest BCUT2D eigenvalue weighted by Gasteiger charge is -2.19. The van der Waals surface area contributed by atoms with Gasteiger partial charge in [0.2, 0.25) is 5.91 Å². The van der Waals surface area contributed by atoms with Gasteiger partial charge in [-0.1, -0.05) is 50.2 Å². The van der Waals surface area contributed by atoms with E-state index in [-0.39, 0.29) is 18.1 Å². The fourth-order valence-electron chi connectivity index (χ4n) is 2.85. The average molecular weight is 372 g/mol. The highest BCUT2D eigenvalue weighted by atomic mass is 19.1. The lowest BCUT2D eigenvalue weighted by Crippen LogP contribution is -2.28. The van der Waals surface area contributed by atoms with Gasteiger partial charge in [-0.15, -0.1) is 0 Å². The molecule has 0 spiro atoms. The highest BCUT2D eigenvalue weighted by molar-refractivity contribution is 5.76. The van der Waals surface area contributed by atoms with Gasteiger partial charge in [-0.25, -0.2) is 4.39 Å². The van der Waals surface area contributed by atoms with Crippen LogP contribution in [-0.4, -0.2) is 37.0 Å². The highest BCUT2D eigenvalue weighted by Gasteiger charge is 2.08. The molecular weight excluding hydrogens is 343 g/mol.